The molecule has 0 amide bonds. The number of hydrogen-bond donors (Lipinski definition) is 1. The molecule has 0 radical (unpaired) electrons. The third-order valence-electron chi connectivity index (χ3n) is 1.54. The SMILES string of the molecule is NCc1cnc(-c2ccc(Cl)s2)o1. The van der Waals surface area contributed by atoms with E-state index in [1.807, 2.05) is 12.1 Å². The molecule has 2 aromatic rings. The largest absolute Gasteiger partial charge is 0.439 e. The van der Waals surface area contributed by atoms with Crippen molar-refractivity contribution in [3.8, 4) is 10.8 Å². The first-order valence-electron chi connectivity index (χ1n) is 3.70. The molecule has 0 unspecified atom stereocenters. The van der Waals surface area contributed by atoms with Crippen molar-refractivity contribution in [2.75, 3.05) is 0 Å². The Bertz CT molecular complexity index is 410. The highest BCUT2D eigenvalue weighted by Gasteiger charge is 2.07. The number of halogens is 1. The van der Waals surface area contributed by atoms with Crippen LogP contribution in [0.4, 0.5) is 0 Å². The van der Waals surface area contributed by atoms with E-state index in [-0.39, 0.29) is 0 Å². The number of oxazole rings is 1. The monoisotopic (exact) mass is 214 g/mol. The normalized spacial score (nSPS) is 10.6. The van der Waals surface area contributed by atoms with Crippen molar-refractivity contribution in [3.63, 3.8) is 0 Å². The Kier molecular flexibility index (Phi) is 2.35. The zero-order chi connectivity index (χ0) is 9.26. The topological polar surface area (TPSA) is 52.0 Å². The number of rotatable bonds is 2. The van der Waals surface area contributed by atoms with E-state index in [0.717, 1.165) is 9.21 Å². The average molecular weight is 215 g/mol. The molecular formula is C8H7ClN2OS. The molecule has 0 atom stereocenters. The zero-order valence-corrected chi connectivity index (χ0v) is 8.23. The lowest BCUT2D eigenvalue weighted by Crippen LogP contribution is -1.92. The van der Waals surface area contributed by atoms with Gasteiger partial charge in [0.1, 0.15) is 5.76 Å². The van der Waals surface area contributed by atoms with Crippen LogP contribution in [0.15, 0.2) is 22.7 Å². The highest BCUT2D eigenvalue weighted by molar-refractivity contribution is 7.19. The second-order valence-electron chi connectivity index (χ2n) is 2.44. The van der Waals surface area contributed by atoms with E-state index in [1.165, 1.54) is 11.3 Å². The molecule has 0 aromatic carbocycles. The van der Waals surface area contributed by atoms with E-state index in [2.05, 4.69) is 4.98 Å². The van der Waals surface area contributed by atoms with Crippen LogP contribution < -0.4 is 5.73 Å². The van der Waals surface area contributed by atoms with Gasteiger partial charge in [-0.15, -0.1) is 11.3 Å². The maximum absolute atomic E-state index is 5.78. The van der Waals surface area contributed by atoms with Gasteiger partial charge in [-0.25, -0.2) is 4.98 Å². The van der Waals surface area contributed by atoms with Crippen molar-refractivity contribution < 1.29 is 4.42 Å². The van der Waals surface area contributed by atoms with Crippen molar-refractivity contribution in [3.05, 3.63) is 28.4 Å². The standard InChI is InChI=1S/C8H7ClN2OS/c9-7-2-1-6(13-7)8-11-4-5(3-10)12-8/h1-2,4H,3,10H2. The first-order valence-corrected chi connectivity index (χ1v) is 4.89. The third-order valence-corrected chi connectivity index (χ3v) is 2.76. The quantitative estimate of drug-likeness (QED) is 0.836. The molecule has 2 heterocycles. The number of thiophene rings is 1. The fraction of sp³-hybridized carbons (Fsp3) is 0.125. The number of nitrogens with two attached hydrogens (primary N) is 1. The zero-order valence-electron chi connectivity index (χ0n) is 6.66. The highest BCUT2D eigenvalue weighted by Crippen LogP contribution is 2.30. The van der Waals surface area contributed by atoms with Crippen molar-refractivity contribution in [1.29, 1.82) is 0 Å². The van der Waals surface area contributed by atoms with Gasteiger partial charge in [0, 0.05) is 0 Å². The predicted octanol–water partition coefficient (Wildman–Crippen LogP) is 2.52. The van der Waals surface area contributed by atoms with Gasteiger partial charge < -0.3 is 10.2 Å². The number of hydrogen-bond acceptors (Lipinski definition) is 4. The fourth-order valence-electron chi connectivity index (χ4n) is 0.945. The molecule has 2 N–H and O–H groups in total. The lowest BCUT2D eigenvalue weighted by molar-refractivity contribution is 0.522. The number of nitrogens with zero attached hydrogens (tertiary/aromatic N) is 1. The van der Waals surface area contributed by atoms with E-state index >= 15 is 0 Å². The summed E-state index contributed by atoms with van der Waals surface area (Å²) in [7, 11) is 0. The molecule has 0 bridgehead atoms. The third kappa shape index (κ3) is 1.75. The molecule has 0 spiro atoms. The lowest BCUT2D eigenvalue weighted by Gasteiger charge is -1.87. The van der Waals surface area contributed by atoms with Gasteiger partial charge in [-0.2, -0.15) is 0 Å². The Morgan fingerprint density at radius 2 is 2.38 bits per heavy atom. The summed E-state index contributed by atoms with van der Waals surface area (Å²) in [5.41, 5.74) is 5.39. The molecule has 2 rings (SSSR count). The van der Waals surface area contributed by atoms with Crippen LogP contribution in [0.1, 0.15) is 5.76 Å². The summed E-state index contributed by atoms with van der Waals surface area (Å²) < 4.78 is 6.07. The summed E-state index contributed by atoms with van der Waals surface area (Å²) in [5, 5.41) is 0. The van der Waals surface area contributed by atoms with Crippen LogP contribution in [0.5, 0.6) is 0 Å². The van der Waals surface area contributed by atoms with Crippen LogP contribution in [0.2, 0.25) is 4.34 Å². The summed E-state index contributed by atoms with van der Waals surface area (Å²) in [5.74, 6) is 1.26. The van der Waals surface area contributed by atoms with E-state index in [4.69, 9.17) is 21.8 Å². The minimum atomic E-state index is 0.367. The van der Waals surface area contributed by atoms with Crippen molar-refractivity contribution in [2.45, 2.75) is 6.54 Å². The molecule has 0 aliphatic carbocycles. The summed E-state index contributed by atoms with van der Waals surface area (Å²) in [6, 6.07) is 3.69. The minimum absolute atomic E-state index is 0.367. The maximum Gasteiger partial charge on any atom is 0.236 e. The smallest absolute Gasteiger partial charge is 0.236 e. The molecule has 0 saturated carbocycles. The molecule has 2 aromatic heterocycles. The summed E-state index contributed by atoms with van der Waals surface area (Å²) >= 11 is 7.21. The highest BCUT2D eigenvalue weighted by atomic mass is 35.5. The molecule has 0 fully saturated rings. The Morgan fingerprint density at radius 3 is 2.92 bits per heavy atom. The molecule has 0 aliphatic heterocycles. The van der Waals surface area contributed by atoms with Crippen LogP contribution >= 0.6 is 22.9 Å². The van der Waals surface area contributed by atoms with Gasteiger partial charge in [0.05, 0.1) is 22.0 Å². The van der Waals surface area contributed by atoms with E-state index < -0.39 is 0 Å². The minimum Gasteiger partial charge on any atom is -0.439 e. The Balaban J connectivity index is 2.35. The Labute approximate surface area is 84.2 Å². The molecular weight excluding hydrogens is 208 g/mol. The van der Waals surface area contributed by atoms with E-state index in [1.54, 1.807) is 6.20 Å². The second kappa shape index (κ2) is 3.49. The lowest BCUT2D eigenvalue weighted by atomic mass is 10.5. The molecule has 68 valence electrons. The van der Waals surface area contributed by atoms with Crippen molar-refractivity contribution in [2.24, 2.45) is 5.73 Å². The first-order chi connectivity index (χ1) is 6.29. The molecule has 0 saturated heterocycles. The van der Waals surface area contributed by atoms with Gasteiger partial charge in [-0.05, 0) is 12.1 Å². The van der Waals surface area contributed by atoms with Gasteiger partial charge >= 0.3 is 0 Å². The average Bonchev–Trinajstić information content (AvgIpc) is 2.71. The van der Waals surface area contributed by atoms with Gasteiger partial charge in [0.2, 0.25) is 5.89 Å². The molecule has 0 aliphatic rings. The number of aromatic nitrogens is 1. The van der Waals surface area contributed by atoms with Crippen LogP contribution in [0.3, 0.4) is 0 Å². The molecule has 13 heavy (non-hydrogen) atoms. The van der Waals surface area contributed by atoms with Crippen molar-refractivity contribution in [1.82, 2.24) is 4.98 Å². The van der Waals surface area contributed by atoms with Crippen LogP contribution in [0.25, 0.3) is 10.8 Å². The van der Waals surface area contributed by atoms with Gasteiger partial charge in [0.15, 0.2) is 0 Å². The van der Waals surface area contributed by atoms with Crippen LogP contribution in [-0.4, -0.2) is 4.98 Å². The fourth-order valence-corrected chi connectivity index (χ4v) is 1.92. The van der Waals surface area contributed by atoms with Gasteiger partial charge in [-0.3, -0.25) is 0 Å². The first kappa shape index (κ1) is 8.74. The Morgan fingerprint density at radius 1 is 1.54 bits per heavy atom. The Hall–Kier alpha value is -0.840. The summed E-state index contributed by atoms with van der Waals surface area (Å²) in [4.78, 5) is 5.00. The summed E-state index contributed by atoms with van der Waals surface area (Å²) in [6.45, 7) is 0.367. The maximum atomic E-state index is 5.78. The molecule has 3 nitrogen and oxygen atoms in total. The second-order valence-corrected chi connectivity index (χ2v) is 4.15. The predicted molar refractivity (Wildman–Crippen MR) is 52.7 cm³/mol. The van der Waals surface area contributed by atoms with Gasteiger partial charge in [0.25, 0.3) is 0 Å². The van der Waals surface area contributed by atoms with Crippen molar-refractivity contribution >= 4 is 22.9 Å². The molecule has 5 heteroatoms. The van der Waals surface area contributed by atoms with Gasteiger partial charge in [-0.1, -0.05) is 11.6 Å². The van der Waals surface area contributed by atoms with Crippen LogP contribution in [-0.2, 0) is 6.54 Å². The van der Waals surface area contributed by atoms with Crippen LogP contribution in [0, 0.1) is 0 Å². The van der Waals surface area contributed by atoms with E-state index in [9.17, 15) is 0 Å². The summed E-state index contributed by atoms with van der Waals surface area (Å²) in [6.07, 6.45) is 1.63. The van der Waals surface area contributed by atoms with E-state index in [0.29, 0.717) is 18.2 Å².